The van der Waals surface area contributed by atoms with Crippen molar-refractivity contribution in [3.8, 4) is 0 Å². The van der Waals surface area contributed by atoms with Crippen LogP contribution >= 0.6 is 0 Å². The van der Waals surface area contributed by atoms with E-state index in [4.69, 9.17) is 9.47 Å². The van der Waals surface area contributed by atoms with Gasteiger partial charge in [-0.3, -0.25) is 10.1 Å². The van der Waals surface area contributed by atoms with E-state index in [1.54, 1.807) is 6.92 Å². The SMILES string of the molecule is CO[C@]12CC[C@@H](N[C@@H](C)C(=O)O)[C@@H]3OC4C(O)CCC5CC1N(C)CC[C@]32C54. The van der Waals surface area contributed by atoms with E-state index in [-0.39, 0.29) is 29.3 Å². The van der Waals surface area contributed by atoms with Crippen molar-refractivity contribution >= 4 is 5.97 Å². The predicted molar refractivity (Wildman–Crippen MR) is 102 cm³/mol. The third-order valence-electron chi connectivity index (χ3n) is 9.13. The van der Waals surface area contributed by atoms with Gasteiger partial charge in [-0.05, 0) is 65.0 Å². The zero-order chi connectivity index (χ0) is 19.8. The maximum atomic E-state index is 11.5. The summed E-state index contributed by atoms with van der Waals surface area (Å²) >= 11 is 0. The molecule has 3 N–H and O–H groups in total. The zero-order valence-corrected chi connectivity index (χ0v) is 17.1. The van der Waals surface area contributed by atoms with Gasteiger partial charge < -0.3 is 24.6 Å². The molecule has 7 nitrogen and oxygen atoms in total. The van der Waals surface area contributed by atoms with Crippen LogP contribution in [0.15, 0.2) is 0 Å². The molecule has 0 aromatic heterocycles. The summed E-state index contributed by atoms with van der Waals surface area (Å²) in [6.07, 6.45) is 5.01. The number of aliphatic carboxylic acids is 1. The van der Waals surface area contributed by atoms with Crippen molar-refractivity contribution in [1.82, 2.24) is 10.2 Å². The van der Waals surface area contributed by atoms with Crippen molar-refractivity contribution in [3.63, 3.8) is 0 Å². The Hall–Kier alpha value is -0.730. The Morgan fingerprint density at radius 1 is 1.32 bits per heavy atom. The van der Waals surface area contributed by atoms with Gasteiger partial charge in [0.05, 0.1) is 23.9 Å². The first-order chi connectivity index (χ1) is 13.4. The van der Waals surface area contributed by atoms with Crippen molar-refractivity contribution in [3.05, 3.63) is 0 Å². The first-order valence-electron chi connectivity index (χ1n) is 10.9. The van der Waals surface area contributed by atoms with Crippen molar-refractivity contribution < 1.29 is 24.5 Å². The first kappa shape index (κ1) is 19.2. The van der Waals surface area contributed by atoms with Crippen LogP contribution in [0.1, 0.15) is 45.4 Å². The van der Waals surface area contributed by atoms with Gasteiger partial charge in [0.1, 0.15) is 6.04 Å². The van der Waals surface area contributed by atoms with Crippen LogP contribution in [0.5, 0.6) is 0 Å². The molecule has 2 aliphatic heterocycles. The average Bonchev–Trinajstić information content (AvgIpc) is 3.03. The Morgan fingerprint density at radius 3 is 2.82 bits per heavy atom. The average molecular weight is 395 g/mol. The summed E-state index contributed by atoms with van der Waals surface area (Å²) in [4.78, 5) is 14.0. The predicted octanol–water partition coefficient (Wildman–Crippen LogP) is 0.845. The second-order valence-corrected chi connectivity index (χ2v) is 9.94. The van der Waals surface area contributed by atoms with Crippen LogP contribution < -0.4 is 5.32 Å². The van der Waals surface area contributed by atoms with Gasteiger partial charge in [0.15, 0.2) is 0 Å². The molecule has 158 valence electrons. The van der Waals surface area contributed by atoms with E-state index in [9.17, 15) is 15.0 Å². The summed E-state index contributed by atoms with van der Waals surface area (Å²) in [5.74, 6) is 0.0141. The van der Waals surface area contributed by atoms with Crippen LogP contribution in [-0.4, -0.2) is 83.8 Å². The summed E-state index contributed by atoms with van der Waals surface area (Å²) in [6.45, 7) is 2.71. The monoisotopic (exact) mass is 394 g/mol. The second-order valence-electron chi connectivity index (χ2n) is 9.94. The van der Waals surface area contributed by atoms with Gasteiger partial charge >= 0.3 is 5.97 Å². The quantitative estimate of drug-likeness (QED) is 0.651. The highest BCUT2D eigenvalue weighted by Gasteiger charge is 2.78. The summed E-state index contributed by atoms with van der Waals surface area (Å²) in [5, 5.41) is 23.6. The number of aliphatic hydroxyl groups excluding tert-OH is 1. The molecule has 3 saturated carbocycles. The molecule has 5 aliphatic rings. The molecule has 2 heterocycles. The number of hydrogen-bond acceptors (Lipinski definition) is 6. The molecule has 5 unspecified atom stereocenters. The van der Waals surface area contributed by atoms with Gasteiger partial charge in [0.25, 0.3) is 0 Å². The number of methoxy groups -OCH3 is 1. The fourth-order valence-corrected chi connectivity index (χ4v) is 8.12. The van der Waals surface area contributed by atoms with E-state index >= 15 is 0 Å². The van der Waals surface area contributed by atoms with Gasteiger partial charge in [-0.1, -0.05) is 0 Å². The van der Waals surface area contributed by atoms with Crippen molar-refractivity contribution in [2.45, 2.75) is 87.5 Å². The van der Waals surface area contributed by atoms with Crippen LogP contribution in [-0.2, 0) is 14.3 Å². The molecular formula is C21H34N2O5. The highest BCUT2D eigenvalue weighted by molar-refractivity contribution is 5.72. The van der Waals surface area contributed by atoms with Crippen LogP contribution in [0, 0.1) is 17.3 Å². The van der Waals surface area contributed by atoms with Crippen molar-refractivity contribution in [1.29, 1.82) is 0 Å². The Morgan fingerprint density at radius 2 is 2.11 bits per heavy atom. The van der Waals surface area contributed by atoms with Crippen molar-refractivity contribution in [2.24, 2.45) is 17.3 Å². The number of nitrogens with zero attached hydrogens (tertiary/aromatic N) is 1. The topological polar surface area (TPSA) is 91.3 Å². The molecule has 28 heavy (non-hydrogen) atoms. The molecular weight excluding hydrogens is 360 g/mol. The number of likely N-dealkylation sites (N-methyl/N-ethyl adjacent to an activating group) is 1. The lowest BCUT2D eigenvalue weighted by Crippen LogP contribution is -2.78. The number of carboxylic acids is 1. The number of carbonyl (C=O) groups is 1. The third kappa shape index (κ3) is 2.20. The minimum atomic E-state index is -0.834. The number of hydrogen-bond donors (Lipinski definition) is 3. The van der Waals surface area contributed by atoms with E-state index in [0.29, 0.717) is 17.9 Å². The summed E-state index contributed by atoms with van der Waals surface area (Å²) in [5.41, 5.74) is -0.426. The maximum Gasteiger partial charge on any atom is 0.320 e. The summed E-state index contributed by atoms with van der Waals surface area (Å²) in [7, 11) is 4.07. The third-order valence-corrected chi connectivity index (χ3v) is 9.13. The van der Waals surface area contributed by atoms with E-state index in [0.717, 1.165) is 45.1 Å². The largest absolute Gasteiger partial charge is 0.480 e. The molecule has 5 fully saturated rings. The summed E-state index contributed by atoms with van der Waals surface area (Å²) in [6, 6.07) is -0.269. The highest BCUT2D eigenvalue weighted by atomic mass is 16.5. The molecule has 10 atom stereocenters. The number of aliphatic hydroxyl groups is 1. The molecule has 0 radical (unpaired) electrons. The van der Waals surface area contributed by atoms with Crippen LogP contribution in [0.2, 0.25) is 0 Å². The van der Waals surface area contributed by atoms with Gasteiger partial charge in [0, 0.05) is 30.5 Å². The van der Waals surface area contributed by atoms with Crippen LogP contribution in [0.25, 0.3) is 0 Å². The Kier molecular flexibility index (Phi) is 4.39. The van der Waals surface area contributed by atoms with E-state index in [2.05, 4.69) is 17.3 Å². The lowest BCUT2D eigenvalue weighted by molar-refractivity contribution is -0.269. The summed E-state index contributed by atoms with van der Waals surface area (Å²) < 4.78 is 13.1. The van der Waals surface area contributed by atoms with E-state index in [1.807, 2.05) is 7.11 Å². The molecule has 5 rings (SSSR count). The first-order valence-corrected chi connectivity index (χ1v) is 10.9. The number of carboxylic acid groups (broad SMARTS) is 1. The molecule has 7 heteroatoms. The number of likely N-dealkylation sites (tertiary alicyclic amines) is 1. The second kappa shape index (κ2) is 6.38. The molecule has 0 aromatic carbocycles. The molecule has 3 aliphatic carbocycles. The Bertz CT molecular complexity index is 661. The lowest BCUT2D eigenvalue weighted by atomic mass is 9.42. The van der Waals surface area contributed by atoms with Gasteiger partial charge in [-0.2, -0.15) is 0 Å². The normalized spacial score (nSPS) is 53.5. The molecule has 2 bridgehead atoms. The zero-order valence-electron chi connectivity index (χ0n) is 17.1. The van der Waals surface area contributed by atoms with Gasteiger partial charge in [-0.15, -0.1) is 0 Å². The number of ether oxygens (including phenoxy) is 2. The van der Waals surface area contributed by atoms with E-state index in [1.165, 1.54) is 0 Å². The van der Waals surface area contributed by atoms with Crippen molar-refractivity contribution in [2.75, 3.05) is 20.7 Å². The van der Waals surface area contributed by atoms with Crippen LogP contribution in [0.3, 0.4) is 0 Å². The molecule has 0 aromatic rings. The van der Waals surface area contributed by atoms with Gasteiger partial charge in [-0.25, -0.2) is 0 Å². The number of piperidine rings is 1. The number of nitrogens with one attached hydrogen (secondary N) is 1. The van der Waals surface area contributed by atoms with Crippen LogP contribution in [0.4, 0.5) is 0 Å². The fourth-order valence-electron chi connectivity index (χ4n) is 8.12. The Labute approximate surface area is 166 Å². The molecule has 1 spiro atoms. The maximum absolute atomic E-state index is 11.5. The highest BCUT2D eigenvalue weighted by Crippen LogP contribution is 2.70. The Balaban J connectivity index is 1.61. The minimum Gasteiger partial charge on any atom is -0.480 e. The molecule has 0 amide bonds. The fraction of sp³-hybridized carbons (Fsp3) is 0.952. The lowest BCUT2D eigenvalue weighted by Gasteiger charge is -2.69. The minimum absolute atomic E-state index is 0.0185. The standard InChI is InChI=1S/C21H34N2O5/c1-11(19(25)26)22-13-6-7-21(27-3)15-10-12-4-5-14(24)17-16(12)20(21,18(13)28-17)8-9-23(15)2/h11-18,22,24H,4-10H2,1-3H3,(H,25,26)/t11-,12?,13+,14?,15?,16?,17?,18-,20-,21+/m0/s1. The number of rotatable bonds is 4. The smallest absolute Gasteiger partial charge is 0.320 e. The van der Waals surface area contributed by atoms with Gasteiger partial charge in [0.2, 0.25) is 0 Å². The molecule has 2 saturated heterocycles. The van der Waals surface area contributed by atoms with E-state index < -0.39 is 18.1 Å².